The number of nitrogens with two attached hydrogens (primary N) is 1. The van der Waals surface area contributed by atoms with Gasteiger partial charge in [0.25, 0.3) is 0 Å². The highest BCUT2D eigenvalue weighted by Crippen LogP contribution is 2.17. The Morgan fingerprint density at radius 1 is 1.53 bits per heavy atom. The van der Waals surface area contributed by atoms with Crippen molar-refractivity contribution in [3.8, 4) is 0 Å². The van der Waals surface area contributed by atoms with E-state index in [-0.39, 0.29) is 13.1 Å². The molecule has 1 rings (SSSR count). The van der Waals surface area contributed by atoms with E-state index in [9.17, 15) is 18.0 Å². The predicted octanol–water partition coefficient (Wildman–Crippen LogP) is -1.60. The van der Waals surface area contributed by atoms with Gasteiger partial charge in [-0.15, -0.1) is 0 Å². The molecule has 7 nitrogen and oxygen atoms in total. The number of nitrogens with zero attached hydrogens (tertiary/aromatic N) is 1. The van der Waals surface area contributed by atoms with Crippen LogP contribution >= 0.6 is 0 Å². The van der Waals surface area contributed by atoms with E-state index in [1.54, 1.807) is 6.92 Å². The van der Waals surface area contributed by atoms with Crippen molar-refractivity contribution in [1.29, 1.82) is 0 Å². The molecule has 17 heavy (non-hydrogen) atoms. The molecule has 8 heteroatoms. The monoisotopic (exact) mass is 263 g/mol. The Morgan fingerprint density at radius 2 is 2.12 bits per heavy atom. The van der Waals surface area contributed by atoms with Gasteiger partial charge >= 0.3 is 0 Å². The number of piperazine rings is 1. The van der Waals surface area contributed by atoms with Crippen LogP contribution in [0.3, 0.4) is 0 Å². The highest BCUT2D eigenvalue weighted by Gasteiger charge is 2.41. The molecule has 2 amide bonds. The summed E-state index contributed by atoms with van der Waals surface area (Å²) in [6.07, 6.45) is 0.315. The summed E-state index contributed by atoms with van der Waals surface area (Å²) in [4.78, 5) is 22.8. The molecule has 1 heterocycles. The van der Waals surface area contributed by atoms with Gasteiger partial charge in [-0.3, -0.25) is 14.9 Å². The van der Waals surface area contributed by atoms with Crippen LogP contribution in [0.1, 0.15) is 20.3 Å². The van der Waals surface area contributed by atoms with Crippen molar-refractivity contribution in [2.45, 2.75) is 31.6 Å². The van der Waals surface area contributed by atoms with E-state index in [2.05, 4.69) is 5.32 Å². The second-order valence-corrected chi connectivity index (χ2v) is 6.28. The Morgan fingerprint density at radius 3 is 2.59 bits per heavy atom. The molecule has 0 aromatic heterocycles. The molecular formula is C9H17N3O4S. The summed E-state index contributed by atoms with van der Waals surface area (Å²) in [6.45, 7) is 2.77. The first-order chi connectivity index (χ1) is 7.84. The van der Waals surface area contributed by atoms with Crippen LogP contribution in [-0.2, 0) is 19.6 Å². The minimum absolute atomic E-state index is 0.0505. The Kier molecular flexibility index (Phi) is 4.23. The zero-order valence-corrected chi connectivity index (χ0v) is 10.7. The van der Waals surface area contributed by atoms with Gasteiger partial charge in [0.15, 0.2) is 0 Å². The first-order valence-electron chi connectivity index (χ1n) is 5.39. The van der Waals surface area contributed by atoms with Gasteiger partial charge in [0.05, 0.1) is 11.8 Å². The van der Waals surface area contributed by atoms with Gasteiger partial charge in [0.1, 0.15) is 6.04 Å². The van der Waals surface area contributed by atoms with Gasteiger partial charge in [-0.2, -0.15) is 4.31 Å². The summed E-state index contributed by atoms with van der Waals surface area (Å²) in [7, 11) is -3.71. The van der Waals surface area contributed by atoms with Gasteiger partial charge in [-0.25, -0.2) is 8.42 Å². The predicted molar refractivity (Wildman–Crippen MR) is 61.4 cm³/mol. The molecule has 3 N–H and O–H groups in total. The van der Waals surface area contributed by atoms with Crippen LogP contribution in [0.25, 0.3) is 0 Å². The molecule has 0 aromatic rings. The van der Waals surface area contributed by atoms with Crippen LogP contribution in [0, 0.1) is 0 Å². The lowest BCUT2D eigenvalue weighted by Crippen LogP contribution is -2.61. The maximum absolute atomic E-state index is 12.1. The second kappa shape index (κ2) is 5.11. The average molecular weight is 263 g/mol. The molecule has 0 saturated carbocycles. The Bertz CT molecular complexity index is 420. The molecule has 1 saturated heterocycles. The van der Waals surface area contributed by atoms with Crippen LogP contribution in [0.4, 0.5) is 0 Å². The summed E-state index contributed by atoms with van der Waals surface area (Å²) in [6, 6.07) is -0.827. The van der Waals surface area contributed by atoms with Crippen molar-refractivity contribution in [3.63, 3.8) is 0 Å². The van der Waals surface area contributed by atoms with E-state index >= 15 is 0 Å². The molecular weight excluding hydrogens is 246 g/mol. The Hall–Kier alpha value is -0.990. The molecule has 0 bridgehead atoms. The Balaban J connectivity index is 3.08. The number of amides is 2. The topological polar surface area (TPSA) is 110 Å². The van der Waals surface area contributed by atoms with Crippen LogP contribution in [-0.4, -0.2) is 48.9 Å². The van der Waals surface area contributed by atoms with E-state index in [1.807, 2.05) is 0 Å². The molecule has 2 unspecified atom stereocenters. The molecule has 1 aliphatic heterocycles. The van der Waals surface area contributed by atoms with Crippen LogP contribution in [0.5, 0.6) is 0 Å². The summed E-state index contributed by atoms with van der Waals surface area (Å²) >= 11 is 0. The maximum Gasteiger partial charge on any atom is 0.245 e. The van der Waals surface area contributed by atoms with Crippen molar-refractivity contribution in [2.75, 3.05) is 13.1 Å². The smallest absolute Gasteiger partial charge is 0.245 e. The summed E-state index contributed by atoms with van der Waals surface area (Å²) < 4.78 is 25.1. The quantitative estimate of drug-likeness (QED) is 0.594. The zero-order chi connectivity index (χ0) is 13.2. The van der Waals surface area contributed by atoms with Crippen molar-refractivity contribution in [2.24, 2.45) is 5.73 Å². The lowest BCUT2D eigenvalue weighted by atomic mass is 10.2. The van der Waals surface area contributed by atoms with Crippen LogP contribution in [0.15, 0.2) is 0 Å². The van der Waals surface area contributed by atoms with Crippen molar-refractivity contribution in [3.05, 3.63) is 0 Å². The third kappa shape index (κ3) is 2.64. The number of carbonyl (C=O) groups excluding carboxylic acids is 2. The Labute approximate surface area is 100 Å². The second-order valence-electron chi connectivity index (χ2n) is 3.97. The molecule has 98 valence electrons. The van der Waals surface area contributed by atoms with E-state index in [0.717, 1.165) is 4.31 Å². The van der Waals surface area contributed by atoms with Crippen molar-refractivity contribution < 1.29 is 18.0 Å². The molecule has 0 radical (unpaired) electrons. The first-order valence-corrected chi connectivity index (χ1v) is 6.89. The van der Waals surface area contributed by atoms with Gasteiger partial charge in [0.2, 0.25) is 21.8 Å². The van der Waals surface area contributed by atoms with E-state index in [4.69, 9.17) is 5.73 Å². The standard InChI is InChI=1S/C9H17N3O4S/c1-3-7-9(14)11-8(13)5-12(7)17(15,16)6(2)4-10/h6-7H,3-5,10H2,1-2H3,(H,11,13,14). The number of sulfonamides is 1. The fourth-order valence-electron chi connectivity index (χ4n) is 1.65. The van der Waals surface area contributed by atoms with E-state index < -0.39 is 33.1 Å². The molecule has 0 aliphatic carbocycles. The van der Waals surface area contributed by atoms with Crippen LogP contribution in [0.2, 0.25) is 0 Å². The average Bonchev–Trinajstić information content (AvgIpc) is 2.26. The van der Waals surface area contributed by atoms with Gasteiger partial charge in [-0.05, 0) is 13.3 Å². The number of nitrogens with one attached hydrogen (secondary N) is 1. The summed E-state index contributed by atoms with van der Waals surface area (Å²) in [5, 5.41) is 1.31. The minimum Gasteiger partial charge on any atom is -0.329 e. The fourth-order valence-corrected chi connectivity index (χ4v) is 3.25. The van der Waals surface area contributed by atoms with Gasteiger partial charge in [0, 0.05) is 6.54 Å². The third-order valence-electron chi connectivity index (χ3n) is 2.77. The van der Waals surface area contributed by atoms with Crippen molar-refractivity contribution >= 4 is 21.8 Å². The van der Waals surface area contributed by atoms with Gasteiger partial charge < -0.3 is 5.73 Å². The number of carbonyl (C=O) groups is 2. The lowest BCUT2D eigenvalue weighted by molar-refractivity contribution is -0.137. The normalized spacial score (nSPS) is 24.5. The molecule has 1 fully saturated rings. The van der Waals surface area contributed by atoms with Crippen LogP contribution < -0.4 is 11.1 Å². The van der Waals surface area contributed by atoms with E-state index in [0.29, 0.717) is 6.42 Å². The maximum atomic E-state index is 12.1. The van der Waals surface area contributed by atoms with E-state index in [1.165, 1.54) is 6.92 Å². The highest BCUT2D eigenvalue weighted by atomic mass is 32.2. The van der Waals surface area contributed by atoms with Gasteiger partial charge in [-0.1, -0.05) is 6.92 Å². The number of rotatable bonds is 4. The molecule has 0 aromatic carbocycles. The zero-order valence-electron chi connectivity index (χ0n) is 9.84. The summed E-state index contributed by atoms with van der Waals surface area (Å²) in [5.41, 5.74) is 5.33. The first kappa shape index (κ1) is 14.1. The molecule has 0 spiro atoms. The molecule has 2 atom stereocenters. The fraction of sp³-hybridized carbons (Fsp3) is 0.778. The lowest BCUT2D eigenvalue weighted by Gasteiger charge is -2.33. The SMILES string of the molecule is CCC1C(=O)NC(=O)CN1S(=O)(=O)C(C)CN. The number of hydrogen-bond donors (Lipinski definition) is 2. The molecule has 1 aliphatic rings. The number of hydrogen-bond acceptors (Lipinski definition) is 5. The van der Waals surface area contributed by atoms with Crippen molar-refractivity contribution in [1.82, 2.24) is 9.62 Å². The third-order valence-corrected chi connectivity index (χ3v) is 5.01. The largest absolute Gasteiger partial charge is 0.329 e. The summed E-state index contributed by atoms with van der Waals surface area (Å²) in [5.74, 6) is -1.18. The number of imide groups is 1. The minimum atomic E-state index is -3.71. The highest BCUT2D eigenvalue weighted by molar-refractivity contribution is 7.89.